The molecule has 0 saturated heterocycles. The lowest BCUT2D eigenvalue weighted by Gasteiger charge is -2.08. The molecule has 1 aromatic heterocycles. The Morgan fingerprint density at radius 2 is 2.00 bits per heavy atom. The molecule has 0 amide bonds. The largest absolute Gasteiger partial charge is 0.311 e. The van der Waals surface area contributed by atoms with E-state index in [0.29, 0.717) is 0 Å². The van der Waals surface area contributed by atoms with Gasteiger partial charge in [0.1, 0.15) is 0 Å². The van der Waals surface area contributed by atoms with E-state index in [1.54, 1.807) is 10.6 Å². The molecule has 0 bridgehead atoms. The van der Waals surface area contributed by atoms with E-state index in [1.165, 1.54) is 5.39 Å². The molecule has 0 N–H and O–H groups in total. The minimum atomic E-state index is 0.0807. The number of rotatable bonds is 2. The summed E-state index contributed by atoms with van der Waals surface area (Å²) in [6.07, 6.45) is 2.04. The number of benzene rings is 1. The molecule has 0 unspecified atom stereocenters. The van der Waals surface area contributed by atoms with Crippen LogP contribution in [-0.4, -0.2) is 4.57 Å². The van der Waals surface area contributed by atoms with Crippen LogP contribution in [0.4, 0.5) is 0 Å². The third kappa shape index (κ3) is 1.67. The number of aryl methyl sites for hydroxylation is 2. The van der Waals surface area contributed by atoms with Gasteiger partial charge in [0.25, 0.3) is 5.56 Å². The van der Waals surface area contributed by atoms with Crippen LogP contribution in [0.25, 0.3) is 10.9 Å². The smallest absolute Gasteiger partial charge is 0.251 e. The topological polar surface area (TPSA) is 22.0 Å². The van der Waals surface area contributed by atoms with Gasteiger partial charge in [0.2, 0.25) is 0 Å². The minimum absolute atomic E-state index is 0.0807. The van der Waals surface area contributed by atoms with Gasteiger partial charge in [-0.1, -0.05) is 31.5 Å². The predicted molar refractivity (Wildman–Crippen MR) is 63.2 cm³/mol. The Labute approximate surface area is 89.2 Å². The number of fused-ring (bicyclic) bond motifs is 1. The lowest BCUT2D eigenvalue weighted by Crippen LogP contribution is -2.17. The fourth-order valence-electron chi connectivity index (χ4n) is 1.96. The zero-order valence-electron chi connectivity index (χ0n) is 9.16. The zero-order chi connectivity index (χ0) is 10.8. The zero-order valence-corrected chi connectivity index (χ0v) is 9.16. The molecule has 15 heavy (non-hydrogen) atoms. The molecule has 0 aliphatic carbocycles. The monoisotopic (exact) mass is 201 g/mol. The van der Waals surface area contributed by atoms with Gasteiger partial charge in [-0.05, 0) is 18.1 Å². The van der Waals surface area contributed by atoms with Gasteiger partial charge in [-0.3, -0.25) is 4.79 Å². The molecular formula is C13H15NO. The Morgan fingerprint density at radius 1 is 1.27 bits per heavy atom. The fourth-order valence-corrected chi connectivity index (χ4v) is 1.96. The van der Waals surface area contributed by atoms with Crippen molar-refractivity contribution < 1.29 is 0 Å². The second-order valence-corrected chi connectivity index (χ2v) is 3.83. The van der Waals surface area contributed by atoms with E-state index in [2.05, 4.69) is 13.0 Å². The maximum absolute atomic E-state index is 11.7. The van der Waals surface area contributed by atoms with Crippen molar-refractivity contribution in [2.24, 2.45) is 7.05 Å². The van der Waals surface area contributed by atoms with E-state index in [9.17, 15) is 4.79 Å². The second kappa shape index (κ2) is 3.89. The molecule has 2 aromatic rings. The first kappa shape index (κ1) is 9.97. The summed E-state index contributed by atoms with van der Waals surface area (Å²) in [6, 6.07) is 9.82. The highest BCUT2D eigenvalue weighted by atomic mass is 16.1. The lowest BCUT2D eigenvalue weighted by atomic mass is 10.0. The highest BCUT2D eigenvalue weighted by Crippen LogP contribution is 2.17. The van der Waals surface area contributed by atoms with Crippen LogP contribution in [-0.2, 0) is 13.5 Å². The number of pyridine rings is 1. The summed E-state index contributed by atoms with van der Waals surface area (Å²) in [5, 5.41) is 1.20. The van der Waals surface area contributed by atoms with Crippen LogP contribution in [0.15, 0.2) is 35.1 Å². The third-order valence-electron chi connectivity index (χ3n) is 2.76. The summed E-state index contributed by atoms with van der Waals surface area (Å²) >= 11 is 0. The SMILES string of the molecule is CCCc1cc(=O)n(C)c2ccccc12. The summed E-state index contributed by atoms with van der Waals surface area (Å²) in [4.78, 5) is 11.7. The Morgan fingerprint density at radius 3 is 2.73 bits per heavy atom. The molecular weight excluding hydrogens is 186 g/mol. The second-order valence-electron chi connectivity index (χ2n) is 3.83. The molecule has 0 atom stereocenters. The molecule has 1 heterocycles. The van der Waals surface area contributed by atoms with E-state index in [4.69, 9.17) is 0 Å². The molecule has 78 valence electrons. The highest BCUT2D eigenvalue weighted by Gasteiger charge is 2.04. The van der Waals surface area contributed by atoms with Gasteiger partial charge in [0.15, 0.2) is 0 Å². The number of hydrogen-bond acceptors (Lipinski definition) is 1. The van der Waals surface area contributed by atoms with Crippen LogP contribution in [0.2, 0.25) is 0 Å². The predicted octanol–water partition coefficient (Wildman–Crippen LogP) is 2.49. The molecule has 0 fully saturated rings. The first-order chi connectivity index (χ1) is 7.24. The van der Waals surface area contributed by atoms with E-state index in [0.717, 1.165) is 23.9 Å². The van der Waals surface area contributed by atoms with E-state index in [1.807, 2.05) is 25.2 Å². The number of hydrogen-bond donors (Lipinski definition) is 0. The van der Waals surface area contributed by atoms with Gasteiger partial charge in [-0.2, -0.15) is 0 Å². The van der Waals surface area contributed by atoms with Crippen molar-refractivity contribution in [3.8, 4) is 0 Å². The van der Waals surface area contributed by atoms with Crippen LogP contribution in [0.3, 0.4) is 0 Å². The minimum Gasteiger partial charge on any atom is -0.311 e. The molecule has 2 nitrogen and oxygen atoms in total. The van der Waals surface area contributed by atoms with E-state index in [-0.39, 0.29) is 5.56 Å². The molecule has 2 heteroatoms. The van der Waals surface area contributed by atoms with E-state index < -0.39 is 0 Å². The fraction of sp³-hybridized carbons (Fsp3) is 0.308. The maximum Gasteiger partial charge on any atom is 0.251 e. The average Bonchev–Trinajstić information content (AvgIpc) is 2.26. The van der Waals surface area contributed by atoms with Crippen LogP contribution >= 0.6 is 0 Å². The number of para-hydroxylation sites is 1. The average molecular weight is 201 g/mol. The van der Waals surface area contributed by atoms with Gasteiger partial charge in [0, 0.05) is 18.5 Å². The number of nitrogens with zero attached hydrogens (tertiary/aromatic N) is 1. The Hall–Kier alpha value is -1.57. The van der Waals surface area contributed by atoms with Crippen LogP contribution in [0.1, 0.15) is 18.9 Å². The van der Waals surface area contributed by atoms with Crippen molar-refractivity contribution in [3.63, 3.8) is 0 Å². The Balaban J connectivity index is 2.82. The molecule has 1 aromatic carbocycles. The van der Waals surface area contributed by atoms with Gasteiger partial charge in [-0.25, -0.2) is 0 Å². The third-order valence-corrected chi connectivity index (χ3v) is 2.76. The van der Waals surface area contributed by atoms with Crippen molar-refractivity contribution in [1.29, 1.82) is 0 Å². The highest BCUT2D eigenvalue weighted by molar-refractivity contribution is 5.82. The van der Waals surface area contributed by atoms with E-state index >= 15 is 0 Å². The Bertz CT molecular complexity index is 540. The molecule has 0 spiro atoms. The number of aromatic nitrogens is 1. The maximum atomic E-state index is 11.7. The van der Waals surface area contributed by atoms with Crippen molar-refractivity contribution >= 4 is 10.9 Å². The summed E-state index contributed by atoms with van der Waals surface area (Å²) in [5.74, 6) is 0. The quantitative estimate of drug-likeness (QED) is 0.731. The first-order valence-electron chi connectivity index (χ1n) is 5.31. The van der Waals surface area contributed by atoms with Crippen molar-refractivity contribution in [1.82, 2.24) is 4.57 Å². The molecule has 0 saturated carbocycles. The summed E-state index contributed by atoms with van der Waals surface area (Å²) in [7, 11) is 1.82. The standard InChI is InChI=1S/C13H15NO/c1-3-6-10-9-13(15)14(2)12-8-5-4-7-11(10)12/h4-5,7-9H,3,6H2,1-2H3. The van der Waals surface area contributed by atoms with Crippen LogP contribution in [0, 0.1) is 0 Å². The van der Waals surface area contributed by atoms with Crippen LogP contribution < -0.4 is 5.56 Å². The molecule has 2 rings (SSSR count). The van der Waals surface area contributed by atoms with Gasteiger partial charge in [-0.15, -0.1) is 0 Å². The molecule has 0 aliphatic heterocycles. The Kier molecular flexibility index (Phi) is 2.58. The van der Waals surface area contributed by atoms with Gasteiger partial charge < -0.3 is 4.57 Å². The van der Waals surface area contributed by atoms with Crippen molar-refractivity contribution in [2.75, 3.05) is 0 Å². The lowest BCUT2D eigenvalue weighted by molar-refractivity contribution is 0.878. The van der Waals surface area contributed by atoms with Gasteiger partial charge in [0.05, 0.1) is 5.52 Å². The van der Waals surface area contributed by atoms with Crippen molar-refractivity contribution in [2.45, 2.75) is 19.8 Å². The molecule has 0 aliphatic rings. The van der Waals surface area contributed by atoms with Crippen molar-refractivity contribution in [3.05, 3.63) is 46.2 Å². The summed E-state index contributed by atoms with van der Waals surface area (Å²) in [5.41, 5.74) is 2.27. The summed E-state index contributed by atoms with van der Waals surface area (Å²) in [6.45, 7) is 2.13. The van der Waals surface area contributed by atoms with Crippen LogP contribution in [0.5, 0.6) is 0 Å². The van der Waals surface area contributed by atoms with Gasteiger partial charge >= 0.3 is 0 Å². The molecule has 0 radical (unpaired) electrons. The normalized spacial score (nSPS) is 10.8. The first-order valence-corrected chi connectivity index (χ1v) is 5.31. The summed E-state index contributed by atoms with van der Waals surface area (Å²) < 4.78 is 1.70.